The number of aliphatic hydroxyl groups is 1. The highest BCUT2D eigenvalue weighted by molar-refractivity contribution is 5.95. The fraction of sp³-hybridized carbons (Fsp3) is 0.368. The Morgan fingerprint density at radius 3 is 2.50 bits per heavy atom. The summed E-state index contributed by atoms with van der Waals surface area (Å²) in [6.45, 7) is 7.70. The van der Waals surface area contributed by atoms with E-state index >= 15 is 0 Å². The second-order valence-electron chi connectivity index (χ2n) is 13.7. The van der Waals surface area contributed by atoms with Crippen molar-refractivity contribution in [3.05, 3.63) is 112 Å². The maximum absolute atomic E-state index is 14.2. The summed E-state index contributed by atoms with van der Waals surface area (Å²) in [5, 5.41) is 20.2. The number of aromatic nitrogens is 1. The molecule has 0 radical (unpaired) electrons. The van der Waals surface area contributed by atoms with Gasteiger partial charge in [-0.25, -0.2) is 4.98 Å². The van der Waals surface area contributed by atoms with Crippen molar-refractivity contribution in [1.82, 2.24) is 15.6 Å². The molecule has 0 fully saturated rings. The predicted octanol–water partition coefficient (Wildman–Crippen LogP) is 5.04. The van der Waals surface area contributed by atoms with Gasteiger partial charge in [0.15, 0.2) is 23.5 Å². The van der Waals surface area contributed by atoms with Gasteiger partial charge >= 0.3 is 0 Å². The monoisotopic (exact) mass is 648 g/mol. The highest BCUT2D eigenvalue weighted by Crippen LogP contribution is 2.58. The normalized spacial score (nSPS) is 22.8. The Balaban J connectivity index is 1.41. The first kappa shape index (κ1) is 31.6. The summed E-state index contributed by atoms with van der Waals surface area (Å²) in [5.41, 5.74) is 3.26. The van der Waals surface area contributed by atoms with E-state index in [0.717, 1.165) is 27.9 Å². The highest BCUT2D eigenvalue weighted by atomic mass is 16.5. The molecule has 1 spiro atoms. The molecule has 4 N–H and O–H groups in total. The summed E-state index contributed by atoms with van der Waals surface area (Å²) >= 11 is 0. The standard InChI is InChI=1S/C38H40N4O6/c1-20(2)30-36-42-31(35(46)39-19-22-10-6-5-7-11-22)33(48-36)38-25-12-8-9-13-27(25)40-37(38)47-29-15-14-23(17-26(29)38)16-24(34(45)41-30)18-28(43)32(44)21(3)4/h5-15,17,20-21,24,30,32,37,40,44H,16,18-19H2,1-4H3,(H,39,46)(H,41,45)/t24?,30-,32-,37-,38?/m0/s1. The van der Waals surface area contributed by atoms with Gasteiger partial charge in [-0.05, 0) is 47.1 Å². The smallest absolute Gasteiger partial charge is 0.273 e. The average molecular weight is 649 g/mol. The molecule has 1 aromatic heterocycles. The van der Waals surface area contributed by atoms with Crippen LogP contribution in [0.2, 0.25) is 0 Å². The van der Waals surface area contributed by atoms with Gasteiger partial charge < -0.3 is 30.2 Å². The lowest BCUT2D eigenvalue weighted by Crippen LogP contribution is -2.41. The van der Waals surface area contributed by atoms with E-state index in [1.165, 1.54) is 0 Å². The molecule has 2 unspecified atom stereocenters. The van der Waals surface area contributed by atoms with Crippen LogP contribution in [0.15, 0.2) is 77.2 Å². The molecule has 0 aliphatic carbocycles. The second-order valence-corrected chi connectivity index (χ2v) is 13.7. The number of carbonyl (C=O) groups excluding carboxylic acids is 3. The third-order valence-electron chi connectivity index (χ3n) is 9.75. The lowest BCUT2D eigenvalue weighted by Gasteiger charge is -2.28. The lowest BCUT2D eigenvalue weighted by atomic mass is 9.72. The number of nitrogens with one attached hydrogen (secondary N) is 3. The number of Topliss-reactive ketones (excluding diaryl/α,β-unsaturated/α-hetero) is 1. The van der Waals surface area contributed by atoms with Gasteiger partial charge in [0, 0.05) is 30.1 Å². The molecule has 10 heteroatoms. The van der Waals surface area contributed by atoms with Crippen LogP contribution in [0.4, 0.5) is 5.69 Å². The van der Waals surface area contributed by atoms with Crippen LogP contribution in [0.1, 0.15) is 84.6 Å². The predicted molar refractivity (Wildman–Crippen MR) is 178 cm³/mol. The van der Waals surface area contributed by atoms with Crippen molar-refractivity contribution >= 4 is 23.3 Å². The largest absolute Gasteiger partial charge is 0.469 e. The third kappa shape index (κ3) is 5.24. The van der Waals surface area contributed by atoms with Crippen molar-refractivity contribution in [1.29, 1.82) is 0 Å². The molecule has 7 rings (SSSR count). The molecule has 3 aromatic carbocycles. The van der Waals surface area contributed by atoms with Gasteiger partial charge in [-0.3, -0.25) is 14.4 Å². The molecule has 0 saturated carbocycles. The molecule has 3 aliphatic rings. The van der Waals surface area contributed by atoms with E-state index < -0.39 is 35.6 Å². The number of amides is 2. The fourth-order valence-electron chi connectivity index (χ4n) is 7.17. The first-order valence-corrected chi connectivity index (χ1v) is 16.6. The Morgan fingerprint density at radius 1 is 1.00 bits per heavy atom. The number of anilines is 1. The summed E-state index contributed by atoms with van der Waals surface area (Å²) in [7, 11) is 0. The van der Waals surface area contributed by atoms with Crippen LogP contribution in [-0.4, -0.2) is 40.0 Å². The topological polar surface area (TPSA) is 143 Å². The van der Waals surface area contributed by atoms with Crippen molar-refractivity contribution < 1.29 is 28.6 Å². The zero-order valence-corrected chi connectivity index (χ0v) is 27.4. The molecular weight excluding hydrogens is 608 g/mol. The number of nitrogens with zero attached hydrogens (tertiary/aromatic N) is 1. The Hall–Kier alpha value is -4.96. The Bertz CT molecular complexity index is 1880. The number of rotatable bonds is 8. The molecule has 2 amide bonds. The quantitative estimate of drug-likeness (QED) is 0.208. The zero-order valence-electron chi connectivity index (χ0n) is 27.4. The summed E-state index contributed by atoms with van der Waals surface area (Å²) in [6, 6.07) is 22.5. The van der Waals surface area contributed by atoms with E-state index in [9.17, 15) is 19.5 Å². The number of carbonyl (C=O) groups is 3. The molecule has 3 aliphatic heterocycles. The Labute approximate surface area is 279 Å². The molecule has 48 heavy (non-hydrogen) atoms. The first-order chi connectivity index (χ1) is 23.1. The minimum Gasteiger partial charge on any atom is -0.469 e. The maximum atomic E-state index is 14.2. The number of ether oxygens (including phenoxy) is 1. The van der Waals surface area contributed by atoms with E-state index in [1.54, 1.807) is 13.8 Å². The van der Waals surface area contributed by atoms with Crippen LogP contribution < -0.4 is 20.7 Å². The van der Waals surface area contributed by atoms with Gasteiger partial charge in [-0.2, -0.15) is 0 Å². The van der Waals surface area contributed by atoms with Crippen LogP contribution in [0.5, 0.6) is 5.75 Å². The number of fused-ring (bicyclic) bond motifs is 4. The third-order valence-corrected chi connectivity index (χ3v) is 9.75. The highest BCUT2D eigenvalue weighted by Gasteiger charge is 2.61. The van der Waals surface area contributed by atoms with E-state index in [4.69, 9.17) is 14.1 Å². The maximum Gasteiger partial charge on any atom is 0.273 e. The van der Waals surface area contributed by atoms with Crippen molar-refractivity contribution in [3.8, 4) is 5.75 Å². The minimum absolute atomic E-state index is 0.109. The van der Waals surface area contributed by atoms with Crippen LogP contribution in [0.25, 0.3) is 0 Å². The van der Waals surface area contributed by atoms with E-state index in [2.05, 4.69) is 16.0 Å². The van der Waals surface area contributed by atoms with Crippen molar-refractivity contribution in [3.63, 3.8) is 0 Å². The molecule has 4 aromatic rings. The van der Waals surface area contributed by atoms with E-state index in [1.807, 2.05) is 86.6 Å². The summed E-state index contributed by atoms with van der Waals surface area (Å²) < 4.78 is 13.3. The number of para-hydroxylation sites is 1. The van der Waals surface area contributed by atoms with Gasteiger partial charge in [0.25, 0.3) is 5.91 Å². The molecule has 4 heterocycles. The number of ketones is 1. The van der Waals surface area contributed by atoms with Crippen LogP contribution >= 0.6 is 0 Å². The van der Waals surface area contributed by atoms with E-state index in [-0.39, 0.29) is 54.5 Å². The average Bonchev–Trinajstić information content (AvgIpc) is 3.74. The second kappa shape index (κ2) is 12.2. The van der Waals surface area contributed by atoms with Crippen molar-refractivity contribution in [2.24, 2.45) is 17.8 Å². The van der Waals surface area contributed by atoms with Crippen LogP contribution in [0, 0.1) is 17.8 Å². The van der Waals surface area contributed by atoms with Crippen LogP contribution in [-0.2, 0) is 28.0 Å². The number of oxazole rings is 1. The number of hydrogen-bond donors (Lipinski definition) is 4. The molecule has 248 valence electrons. The SMILES string of the molecule is CC(C)[C@H](O)C(=O)CC1Cc2ccc3c(c2)C2(c4ccccc4N[C@H]2O3)c2oc(nc2C(=O)NCc2ccccc2)[C@H](C(C)C)NC1=O. The Morgan fingerprint density at radius 2 is 1.75 bits per heavy atom. The van der Waals surface area contributed by atoms with Crippen molar-refractivity contribution in [2.45, 2.75) is 70.9 Å². The van der Waals surface area contributed by atoms with Gasteiger partial charge in [0.1, 0.15) is 23.3 Å². The molecule has 0 saturated heterocycles. The summed E-state index contributed by atoms with van der Waals surface area (Å²) in [4.78, 5) is 46.2. The summed E-state index contributed by atoms with van der Waals surface area (Å²) in [6.07, 6.45) is -1.70. The number of hydrogen-bond acceptors (Lipinski definition) is 8. The van der Waals surface area contributed by atoms with E-state index in [0.29, 0.717) is 11.5 Å². The van der Waals surface area contributed by atoms with Crippen LogP contribution in [0.3, 0.4) is 0 Å². The molecule has 10 nitrogen and oxygen atoms in total. The molecule has 4 bridgehead atoms. The van der Waals surface area contributed by atoms with Gasteiger partial charge in [0.2, 0.25) is 11.8 Å². The summed E-state index contributed by atoms with van der Waals surface area (Å²) in [5.74, 6) is -1.26. The Kier molecular flexibility index (Phi) is 8.07. The van der Waals surface area contributed by atoms with Crippen molar-refractivity contribution in [2.75, 3.05) is 5.32 Å². The number of benzene rings is 3. The minimum atomic E-state index is -1.18. The first-order valence-electron chi connectivity index (χ1n) is 16.6. The van der Waals surface area contributed by atoms with Gasteiger partial charge in [-0.15, -0.1) is 0 Å². The molecular formula is C38H40N4O6. The van der Waals surface area contributed by atoms with Gasteiger partial charge in [0.05, 0.1) is 0 Å². The van der Waals surface area contributed by atoms with Gasteiger partial charge in [-0.1, -0.05) is 88.4 Å². The molecule has 5 atom stereocenters. The fourth-order valence-corrected chi connectivity index (χ4v) is 7.17. The zero-order chi connectivity index (χ0) is 33.7. The lowest BCUT2D eigenvalue weighted by molar-refractivity contribution is -0.135. The number of aliphatic hydroxyl groups excluding tert-OH is 1.